The van der Waals surface area contributed by atoms with Crippen molar-refractivity contribution >= 4 is 17.6 Å². The number of hydrogen-bond donors (Lipinski definition) is 1. The fourth-order valence-corrected chi connectivity index (χ4v) is 1.64. The number of rotatable bonds is 10. The molecule has 0 spiro atoms. The van der Waals surface area contributed by atoms with Crippen LogP contribution in [0.3, 0.4) is 0 Å². The molecule has 118 valence electrons. The Morgan fingerprint density at radius 1 is 1.48 bits per heavy atom. The minimum atomic E-state index is -0.343. The molecule has 1 N–H and O–H groups in total. The summed E-state index contributed by atoms with van der Waals surface area (Å²) >= 11 is 0. The zero-order valence-electron chi connectivity index (χ0n) is 12.3. The number of amides is 2. The molecule has 0 atom stereocenters. The van der Waals surface area contributed by atoms with Crippen molar-refractivity contribution in [1.29, 1.82) is 0 Å². The summed E-state index contributed by atoms with van der Waals surface area (Å²) < 4.78 is 14.7. The van der Waals surface area contributed by atoms with Gasteiger partial charge in [0.05, 0.1) is 6.54 Å². The summed E-state index contributed by atoms with van der Waals surface area (Å²) in [4.78, 5) is 25.2. The number of nitrogens with zero attached hydrogens (tertiary/aromatic N) is 2. The van der Waals surface area contributed by atoms with E-state index in [1.807, 2.05) is 6.92 Å². The van der Waals surface area contributed by atoms with E-state index in [1.165, 1.54) is 24.3 Å². The number of nitrogens with one attached hydrogen (secondary N) is 1. The second kappa shape index (κ2) is 9.89. The molecule has 0 saturated heterocycles. The van der Waals surface area contributed by atoms with Crippen molar-refractivity contribution < 1.29 is 23.6 Å². The van der Waals surface area contributed by atoms with E-state index in [2.05, 4.69) is 15.0 Å². The van der Waals surface area contributed by atoms with Gasteiger partial charge in [0.15, 0.2) is 5.82 Å². The van der Waals surface area contributed by atoms with Crippen molar-refractivity contribution in [2.45, 2.75) is 13.3 Å². The van der Waals surface area contributed by atoms with Crippen LogP contribution in [-0.4, -0.2) is 61.9 Å². The maximum atomic E-state index is 11.9. The van der Waals surface area contributed by atoms with Gasteiger partial charge in [0.2, 0.25) is 11.8 Å². The Hall–Kier alpha value is -1.93. The van der Waals surface area contributed by atoms with Gasteiger partial charge in [-0.3, -0.25) is 9.59 Å². The van der Waals surface area contributed by atoms with Crippen molar-refractivity contribution in [2.24, 2.45) is 0 Å². The zero-order chi connectivity index (χ0) is 15.5. The SMILES string of the molecule is CCOCCCN(CC(=O)Nc1ccon1)C(=O)COC. The van der Waals surface area contributed by atoms with E-state index in [4.69, 9.17) is 9.47 Å². The van der Waals surface area contributed by atoms with Gasteiger partial charge in [0.25, 0.3) is 0 Å². The molecule has 0 saturated carbocycles. The molecule has 1 aromatic heterocycles. The van der Waals surface area contributed by atoms with Crippen LogP contribution >= 0.6 is 0 Å². The molecule has 1 heterocycles. The first-order valence-electron chi connectivity index (χ1n) is 6.72. The first-order chi connectivity index (χ1) is 10.2. The maximum Gasteiger partial charge on any atom is 0.249 e. The quantitative estimate of drug-likeness (QED) is 0.633. The predicted molar refractivity (Wildman–Crippen MR) is 74.7 cm³/mol. The van der Waals surface area contributed by atoms with E-state index in [0.29, 0.717) is 32.0 Å². The predicted octanol–water partition coefficient (Wildman–Crippen LogP) is 0.515. The average Bonchev–Trinajstić information content (AvgIpc) is 2.95. The van der Waals surface area contributed by atoms with Crippen LogP contribution in [0.5, 0.6) is 0 Å². The third-order valence-corrected chi connectivity index (χ3v) is 2.58. The van der Waals surface area contributed by atoms with Crippen LogP contribution in [0.4, 0.5) is 5.82 Å². The van der Waals surface area contributed by atoms with Crippen molar-refractivity contribution in [2.75, 3.05) is 45.3 Å². The van der Waals surface area contributed by atoms with E-state index in [-0.39, 0.29) is 25.0 Å². The number of anilines is 1. The molecular formula is C13H21N3O5. The normalized spacial score (nSPS) is 10.4. The molecule has 0 radical (unpaired) electrons. The Bertz CT molecular complexity index is 421. The van der Waals surface area contributed by atoms with E-state index in [0.717, 1.165) is 0 Å². The number of aromatic nitrogens is 1. The molecule has 0 aromatic carbocycles. The van der Waals surface area contributed by atoms with Crippen LogP contribution in [0.15, 0.2) is 16.9 Å². The van der Waals surface area contributed by atoms with Crippen LogP contribution in [0.25, 0.3) is 0 Å². The van der Waals surface area contributed by atoms with Gasteiger partial charge >= 0.3 is 0 Å². The fourth-order valence-electron chi connectivity index (χ4n) is 1.64. The molecule has 0 aliphatic heterocycles. The summed E-state index contributed by atoms with van der Waals surface area (Å²) in [6.45, 7) is 3.36. The van der Waals surface area contributed by atoms with E-state index < -0.39 is 0 Å². The molecule has 8 nitrogen and oxygen atoms in total. The summed E-state index contributed by atoms with van der Waals surface area (Å²) in [5, 5.41) is 6.12. The molecule has 0 unspecified atom stereocenters. The number of carbonyl (C=O) groups is 2. The fraction of sp³-hybridized carbons (Fsp3) is 0.615. The van der Waals surface area contributed by atoms with E-state index in [1.54, 1.807) is 0 Å². The van der Waals surface area contributed by atoms with Gasteiger partial charge in [-0.05, 0) is 13.3 Å². The van der Waals surface area contributed by atoms with E-state index in [9.17, 15) is 9.59 Å². The summed E-state index contributed by atoms with van der Waals surface area (Å²) in [6.07, 6.45) is 2.01. The minimum absolute atomic E-state index is 0.0636. The van der Waals surface area contributed by atoms with Gasteiger partial charge in [0, 0.05) is 32.9 Å². The summed E-state index contributed by atoms with van der Waals surface area (Å²) in [5.41, 5.74) is 0. The highest BCUT2D eigenvalue weighted by molar-refractivity contribution is 5.93. The lowest BCUT2D eigenvalue weighted by Gasteiger charge is -2.21. The molecule has 0 fully saturated rings. The van der Waals surface area contributed by atoms with Gasteiger partial charge in [-0.2, -0.15) is 0 Å². The number of methoxy groups -OCH3 is 1. The van der Waals surface area contributed by atoms with Crippen molar-refractivity contribution in [3.63, 3.8) is 0 Å². The standard InChI is InChI=1S/C13H21N3O5/c1-3-20-7-4-6-16(13(18)10-19-2)9-12(17)14-11-5-8-21-15-11/h5,8H,3-4,6-7,9-10H2,1-2H3,(H,14,15,17). The Balaban J connectivity index is 2.46. The molecule has 8 heteroatoms. The first kappa shape index (κ1) is 17.1. The monoisotopic (exact) mass is 299 g/mol. The highest BCUT2D eigenvalue weighted by Gasteiger charge is 2.17. The molecule has 0 bridgehead atoms. The molecule has 2 amide bonds. The van der Waals surface area contributed by atoms with Crippen LogP contribution in [0.1, 0.15) is 13.3 Å². The number of carbonyl (C=O) groups excluding carboxylic acids is 2. The zero-order valence-corrected chi connectivity index (χ0v) is 12.3. The molecule has 0 aliphatic rings. The van der Waals surface area contributed by atoms with Gasteiger partial charge in [-0.15, -0.1) is 0 Å². The lowest BCUT2D eigenvalue weighted by atomic mass is 10.3. The highest BCUT2D eigenvalue weighted by atomic mass is 16.5. The first-order valence-corrected chi connectivity index (χ1v) is 6.72. The molecule has 0 aliphatic carbocycles. The van der Waals surface area contributed by atoms with Gasteiger partial charge in [0.1, 0.15) is 12.9 Å². The summed E-state index contributed by atoms with van der Waals surface area (Å²) in [7, 11) is 1.44. The topological polar surface area (TPSA) is 93.9 Å². The Morgan fingerprint density at radius 2 is 2.29 bits per heavy atom. The second-order valence-electron chi connectivity index (χ2n) is 4.23. The van der Waals surface area contributed by atoms with Crippen LogP contribution in [-0.2, 0) is 19.1 Å². The lowest BCUT2D eigenvalue weighted by molar-refractivity contribution is -0.138. The molecule has 1 aromatic rings. The maximum absolute atomic E-state index is 11.9. The molecular weight excluding hydrogens is 278 g/mol. The Kier molecular flexibility index (Phi) is 8.07. The lowest BCUT2D eigenvalue weighted by Crippen LogP contribution is -2.40. The smallest absolute Gasteiger partial charge is 0.249 e. The van der Waals surface area contributed by atoms with Crippen LogP contribution < -0.4 is 5.32 Å². The Labute approximate surface area is 123 Å². The average molecular weight is 299 g/mol. The van der Waals surface area contributed by atoms with Gasteiger partial charge in [-0.1, -0.05) is 5.16 Å². The van der Waals surface area contributed by atoms with Crippen LogP contribution in [0.2, 0.25) is 0 Å². The van der Waals surface area contributed by atoms with Gasteiger partial charge in [-0.25, -0.2) is 0 Å². The van der Waals surface area contributed by atoms with Crippen molar-refractivity contribution in [1.82, 2.24) is 10.1 Å². The Morgan fingerprint density at radius 3 is 2.90 bits per heavy atom. The highest BCUT2D eigenvalue weighted by Crippen LogP contribution is 2.02. The number of hydrogen-bond acceptors (Lipinski definition) is 6. The molecule has 21 heavy (non-hydrogen) atoms. The summed E-state index contributed by atoms with van der Waals surface area (Å²) in [6, 6.07) is 1.52. The third kappa shape index (κ3) is 6.87. The largest absolute Gasteiger partial charge is 0.382 e. The van der Waals surface area contributed by atoms with E-state index >= 15 is 0 Å². The van der Waals surface area contributed by atoms with Crippen LogP contribution in [0, 0.1) is 0 Å². The summed E-state index contributed by atoms with van der Waals surface area (Å²) in [5.74, 6) is -0.275. The van der Waals surface area contributed by atoms with Crippen molar-refractivity contribution in [3.8, 4) is 0 Å². The number of ether oxygens (including phenoxy) is 2. The van der Waals surface area contributed by atoms with Gasteiger partial charge < -0.3 is 24.2 Å². The molecule has 1 rings (SSSR count). The minimum Gasteiger partial charge on any atom is -0.382 e. The third-order valence-electron chi connectivity index (χ3n) is 2.58. The van der Waals surface area contributed by atoms with Crippen molar-refractivity contribution in [3.05, 3.63) is 12.3 Å². The second-order valence-corrected chi connectivity index (χ2v) is 4.23.